The summed E-state index contributed by atoms with van der Waals surface area (Å²) in [6, 6.07) is 14.0. The molecule has 0 saturated carbocycles. The van der Waals surface area contributed by atoms with E-state index in [9.17, 15) is 0 Å². The Bertz CT molecular complexity index is 1270. The smallest absolute Gasteiger partial charge is 0.216 e. The van der Waals surface area contributed by atoms with Crippen LogP contribution in [0.1, 0.15) is 22.6 Å². The van der Waals surface area contributed by atoms with Gasteiger partial charge < -0.3 is 4.57 Å². The van der Waals surface area contributed by atoms with E-state index in [1.165, 1.54) is 0 Å². The molecule has 0 atom stereocenters. The van der Waals surface area contributed by atoms with Crippen LogP contribution in [0.3, 0.4) is 0 Å². The Kier molecular flexibility index (Phi) is 5.10. The fourth-order valence-electron chi connectivity index (χ4n) is 3.27. The number of nitrogens with one attached hydrogen (secondary N) is 1. The SMILES string of the molecule is Cc1n[nH]c(=S)n1/N=C\c1c(C)n(Cc2ccc(Cl)c(Cl)c2)c2ccccc12. The summed E-state index contributed by atoms with van der Waals surface area (Å²) in [5.41, 5.74) is 4.34. The maximum atomic E-state index is 6.20. The van der Waals surface area contributed by atoms with Gasteiger partial charge in [0, 0.05) is 28.7 Å². The first-order valence-electron chi connectivity index (χ1n) is 8.66. The summed E-state index contributed by atoms with van der Waals surface area (Å²) in [5, 5.41) is 13.6. The number of aromatic amines is 1. The molecule has 8 heteroatoms. The van der Waals surface area contributed by atoms with Crippen molar-refractivity contribution in [3.05, 3.63) is 79.9 Å². The summed E-state index contributed by atoms with van der Waals surface area (Å²) in [7, 11) is 0. The van der Waals surface area contributed by atoms with E-state index in [0.717, 1.165) is 27.7 Å². The number of nitrogens with zero attached hydrogens (tertiary/aromatic N) is 4. The Morgan fingerprint density at radius 1 is 1.14 bits per heavy atom. The first-order valence-corrected chi connectivity index (χ1v) is 9.82. The van der Waals surface area contributed by atoms with Crippen LogP contribution in [0.2, 0.25) is 10.0 Å². The van der Waals surface area contributed by atoms with Crippen molar-refractivity contribution in [2.45, 2.75) is 20.4 Å². The minimum atomic E-state index is 0.464. The highest BCUT2D eigenvalue weighted by molar-refractivity contribution is 7.71. The monoisotopic (exact) mass is 429 g/mol. The second kappa shape index (κ2) is 7.54. The average Bonchev–Trinajstić information content (AvgIpc) is 3.14. The molecule has 0 fully saturated rings. The van der Waals surface area contributed by atoms with Crippen LogP contribution in [0.5, 0.6) is 0 Å². The summed E-state index contributed by atoms with van der Waals surface area (Å²) in [6.45, 7) is 4.62. The molecule has 2 aromatic heterocycles. The van der Waals surface area contributed by atoms with E-state index in [-0.39, 0.29) is 0 Å². The quantitative estimate of drug-likeness (QED) is 0.331. The predicted molar refractivity (Wildman–Crippen MR) is 117 cm³/mol. The highest BCUT2D eigenvalue weighted by Crippen LogP contribution is 2.28. The van der Waals surface area contributed by atoms with E-state index in [4.69, 9.17) is 35.4 Å². The second-order valence-corrected chi connectivity index (χ2v) is 7.68. The Morgan fingerprint density at radius 3 is 2.64 bits per heavy atom. The molecule has 0 saturated heterocycles. The fourth-order valence-corrected chi connectivity index (χ4v) is 3.81. The third kappa shape index (κ3) is 3.39. The van der Waals surface area contributed by atoms with Crippen molar-refractivity contribution in [1.29, 1.82) is 0 Å². The lowest BCUT2D eigenvalue weighted by atomic mass is 10.1. The van der Waals surface area contributed by atoms with Gasteiger partial charge >= 0.3 is 0 Å². The van der Waals surface area contributed by atoms with Crippen molar-refractivity contribution in [2.75, 3.05) is 0 Å². The molecule has 28 heavy (non-hydrogen) atoms. The molecular weight excluding hydrogens is 413 g/mol. The summed E-state index contributed by atoms with van der Waals surface area (Å²) >= 11 is 17.5. The molecule has 0 aliphatic carbocycles. The number of aryl methyl sites for hydroxylation is 1. The lowest BCUT2D eigenvalue weighted by molar-refractivity contribution is 0.802. The van der Waals surface area contributed by atoms with Gasteiger partial charge in [0.25, 0.3) is 0 Å². The zero-order valence-corrected chi connectivity index (χ0v) is 17.6. The molecule has 4 rings (SSSR count). The largest absolute Gasteiger partial charge is 0.340 e. The molecule has 0 unspecified atom stereocenters. The molecule has 0 radical (unpaired) electrons. The van der Waals surface area contributed by atoms with Crippen molar-refractivity contribution in [1.82, 2.24) is 19.4 Å². The number of para-hydroxylation sites is 1. The van der Waals surface area contributed by atoms with Gasteiger partial charge in [-0.2, -0.15) is 14.9 Å². The average molecular weight is 430 g/mol. The summed E-state index contributed by atoms with van der Waals surface area (Å²) in [6.07, 6.45) is 1.83. The molecule has 0 amide bonds. The maximum absolute atomic E-state index is 6.20. The highest BCUT2D eigenvalue weighted by Gasteiger charge is 2.13. The highest BCUT2D eigenvalue weighted by atomic mass is 35.5. The summed E-state index contributed by atoms with van der Waals surface area (Å²) in [4.78, 5) is 0. The predicted octanol–water partition coefficient (Wildman–Crippen LogP) is 5.75. The van der Waals surface area contributed by atoms with Crippen molar-refractivity contribution >= 4 is 52.5 Å². The minimum absolute atomic E-state index is 0.464. The maximum Gasteiger partial charge on any atom is 0.216 e. The first kappa shape index (κ1) is 18.9. The van der Waals surface area contributed by atoms with Gasteiger partial charge in [-0.3, -0.25) is 5.10 Å². The number of hydrogen-bond donors (Lipinski definition) is 1. The fraction of sp³-hybridized carbons (Fsp3) is 0.150. The van der Waals surface area contributed by atoms with E-state index in [1.807, 2.05) is 43.5 Å². The van der Waals surface area contributed by atoms with Gasteiger partial charge in [0.05, 0.1) is 16.3 Å². The standard InChI is InChI=1S/C20H17Cl2N5S/c1-12-16(10-23-27-13(2)24-25-20(27)28)15-5-3-4-6-19(15)26(12)11-14-7-8-17(21)18(22)9-14/h3-10H,11H2,1-2H3,(H,25,28)/b23-10-. The lowest BCUT2D eigenvalue weighted by Crippen LogP contribution is -2.02. The van der Waals surface area contributed by atoms with Crippen LogP contribution in [0.25, 0.3) is 10.9 Å². The number of halogens is 2. The van der Waals surface area contributed by atoms with Gasteiger partial charge in [0.15, 0.2) is 0 Å². The zero-order valence-electron chi connectivity index (χ0n) is 15.3. The lowest BCUT2D eigenvalue weighted by Gasteiger charge is -2.09. The number of fused-ring (bicyclic) bond motifs is 1. The number of H-pyrrole nitrogens is 1. The van der Waals surface area contributed by atoms with Crippen LogP contribution < -0.4 is 0 Å². The zero-order chi connectivity index (χ0) is 19.8. The molecule has 5 nitrogen and oxygen atoms in total. The topological polar surface area (TPSA) is 50.9 Å². The number of benzene rings is 2. The van der Waals surface area contributed by atoms with Gasteiger partial charge in [-0.05, 0) is 49.8 Å². The first-order chi connectivity index (χ1) is 13.5. The third-order valence-corrected chi connectivity index (χ3v) is 5.72. The van der Waals surface area contributed by atoms with Crippen LogP contribution in [0.4, 0.5) is 0 Å². The molecule has 142 valence electrons. The molecule has 2 heterocycles. The van der Waals surface area contributed by atoms with E-state index in [2.05, 4.69) is 38.9 Å². The van der Waals surface area contributed by atoms with Crippen LogP contribution >= 0.6 is 35.4 Å². The van der Waals surface area contributed by atoms with E-state index >= 15 is 0 Å². The molecular formula is C20H17Cl2N5S. The van der Waals surface area contributed by atoms with Gasteiger partial charge in [0.1, 0.15) is 5.82 Å². The van der Waals surface area contributed by atoms with Crippen LogP contribution in [0.15, 0.2) is 47.6 Å². The number of aromatic nitrogens is 4. The number of hydrogen-bond acceptors (Lipinski definition) is 3. The Hall–Kier alpha value is -2.41. The molecule has 4 aromatic rings. The minimum Gasteiger partial charge on any atom is -0.340 e. The van der Waals surface area contributed by atoms with Crippen LogP contribution in [-0.2, 0) is 6.54 Å². The molecule has 0 bridgehead atoms. The summed E-state index contributed by atoms with van der Waals surface area (Å²) < 4.78 is 4.32. The molecule has 0 spiro atoms. The van der Waals surface area contributed by atoms with Gasteiger partial charge in [-0.25, -0.2) is 0 Å². The van der Waals surface area contributed by atoms with Crippen LogP contribution in [0, 0.1) is 18.6 Å². The molecule has 1 N–H and O–H groups in total. The number of rotatable bonds is 4. The second-order valence-electron chi connectivity index (χ2n) is 6.48. The van der Waals surface area contributed by atoms with Crippen molar-refractivity contribution in [3.63, 3.8) is 0 Å². The van der Waals surface area contributed by atoms with Crippen molar-refractivity contribution in [3.8, 4) is 0 Å². The molecule has 2 aromatic carbocycles. The summed E-state index contributed by atoms with van der Waals surface area (Å²) in [5.74, 6) is 0.707. The Balaban J connectivity index is 1.81. The van der Waals surface area contributed by atoms with E-state index in [0.29, 0.717) is 27.2 Å². The normalized spacial score (nSPS) is 11.7. The Morgan fingerprint density at radius 2 is 1.93 bits per heavy atom. The third-order valence-electron chi connectivity index (χ3n) is 4.72. The van der Waals surface area contributed by atoms with Gasteiger partial charge in [0.2, 0.25) is 4.77 Å². The van der Waals surface area contributed by atoms with Gasteiger partial charge in [-0.1, -0.05) is 47.5 Å². The molecule has 0 aliphatic rings. The Labute approximate surface area is 177 Å². The molecule has 0 aliphatic heterocycles. The van der Waals surface area contributed by atoms with Crippen LogP contribution in [-0.4, -0.2) is 25.7 Å². The van der Waals surface area contributed by atoms with Gasteiger partial charge in [-0.15, -0.1) is 0 Å². The van der Waals surface area contributed by atoms with Crippen molar-refractivity contribution in [2.24, 2.45) is 5.10 Å². The van der Waals surface area contributed by atoms with Crippen molar-refractivity contribution < 1.29 is 0 Å². The van der Waals surface area contributed by atoms with E-state index in [1.54, 1.807) is 4.68 Å². The van der Waals surface area contributed by atoms with E-state index < -0.39 is 0 Å².